The Kier molecular flexibility index (Phi) is 9.47. The molecule has 0 saturated carbocycles. The van der Waals surface area contributed by atoms with Crippen molar-refractivity contribution in [3.05, 3.63) is 59.2 Å². The number of halogens is 1. The van der Waals surface area contributed by atoms with Crippen LogP contribution in [0.4, 0.5) is 0 Å². The van der Waals surface area contributed by atoms with Crippen molar-refractivity contribution in [3.63, 3.8) is 0 Å². The smallest absolute Gasteiger partial charge is 1.00 e. The Morgan fingerprint density at radius 3 is 1.57 bits per heavy atom. The summed E-state index contributed by atoms with van der Waals surface area (Å²) in [6.45, 7) is 13.9. The van der Waals surface area contributed by atoms with Gasteiger partial charge in [0.25, 0.3) is 0 Å². The molecular weight excluding hydrogens is 485 g/mol. The molecule has 0 amide bonds. The molecule has 0 aliphatic rings. The first-order valence-electron chi connectivity index (χ1n) is 8.15. The van der Waals surface area contributed by atoms with E-state index >= 15 is 0 Å². The second kappa shape index (κ2) is 9.69. The number of benzene rings is 2. The fourth-order valence-corrected chi connectivity index (χ4v) is 3.29. The van der Waals surface area contributed by atoms with Gasteiger partial charge < -0.3 is 12.4 Å². The summed E-state index contributed by atoms with van der Waals surface area (Å²) in [5.74, 6) is 1.67. The van der Waals surface area contributed by atoms with Crippen LogP contribution in [-0.2, 0) is 22.4 Å². The summed E-state index contributed by atoms with van der Waals surface area (Å²) in [6, 6.07) is 15.5. The fourth-order valence-electron chi connectivity index (χ4n) is 3.29. The molecular formula is C21H28AuCl. The molecule has 0 saturated heterocycles. The molecule has 0 unspecified atom stereocenters. The van der Waals surface area contributed by atoms with Crippen LogP contribution >= 0.6 is 0 Å². The SMILES string of the molecule is CC(C)c1ccc(-c2ccccc2)c(C(C)C)c1C(C)C.[Au+].[Cl-]. The molecule has 0 N–H and O–H groups in total. The Hall–Kier alpha value is -0.530. The van der Waals surface area contributed by atoms with Crippen molar-refractivity contribution in [2.24, 2.45) is 0 Å². The number of rotatable bonds is 4. The standard InChI is InChI=1S/C21H28.Au.ClH/c1-14(2)18-12-13-19(17-10-8-7-9-11-17)21(16(5)6)20(18)15(3)4;;/h7-16H,1-6H3;;1H/q;+1;/p-1. The third kappa shape index (κ3) is 4.97. The maximum Gasteiger partial charge on any atom is 1.00 e. The molecule has 130 valence electrons. The van der Waals surface area contributed by atoms with E-state index in [9.17, 15) is 0 Å². The summed E-state index contributed by atoms with van der Waals surface area (Å²) in [7, 11) is 0. The minimum atomic E-state index is 0. The molecule has 2 aromatic carbocycles. The molecule has 23 heavy (non-hydrogen) atoms. The van der Waals surface area contributed by atoms with Gasteiger partial charge in [-0.25, -0.2) is 0 Å². The molecule has 2 heteroatoms. The maximum atomic E-state index is 2.34. The van der Waals surface area contributed by atoms with E-state index in [-0.39, 0.29) is 34.8 Å². The maximum absolute atomic E-state index is 2.34. The molecule has 0 fully saturated rings. The van der Waals surface area contributed by atoms with Crippen LogP contribution in [0.3, 0.4) is 0 Å². The minimum Gasteiger partial charge on any atom is -1.00 e. The topological polar surface area (TPSA) is 0 Å². The Bertz CT molecular complexity index is 601. The Morgan fingerprint density at radius 2 is 1.13 bits per heavy atom. The zero-order valence-electron chi connectivity index (χ0n) is 15.0. The molecule has 0 nitrogen and oxygen atoms in total. The van der Waals surface area contributed by atoms with Gasteiger partial charge in [-0.1, -0.05) is 84.0 Å². The van der Waals surface area contributed by atoms with Crippen LogP contribution in [0.15, 0.2) is 42.5 Å². The van der Waals surface area contributed by atoms with Crippen LogP contribution in [0.5, 0.6) is 0 Å². The first-order valence-corrected chi connectivity index (χ1v) is 8.15. The molecule has 2 aromatic rings. The second-order valence-electron chi connectivity index (χ2n) is 6.86. The van der Waals surface area contributed by atoms with Gasteiger partial charge in [0.2, 0.25) is 0 Å². The molecule has 0 aliphatic carbocycles. The van der Waals surface area contributed by atoms with Crippen LogP contribution in [0.1, 0.15) is 76.0 Å². The summed E-state index contributed by atoms with van der Waals surface area (Å²) < 4.78 is 0. The van der Waals surface area contributed by atoms with Gasteiger partial charge >= 0.3 is 22.4 Å². The zero-order chi connectivity index (χ0) is 15.6. The molecule has 0 aliphatic heterocycles. The zero-order valence-corrected chi connectivity index (χ0v) is 17.9. The van der Waals surface area contributed by atoms with Gasteiger partial charge in [-0.3, -0.25) is 0 Å². The van der Waals surface area contributed by atoms with Crippen LogP contribution in [-0.4, -0.2) is 0 Å². The molecule has 2 rings (SSSR count). The normalized spacial score (nSPS) is 10.7. The van der Waals surface area contributed by atoms with Crippen molar-refractivity contribution in [1.82, 2.24) is 0 Å². The average Bonchev–Trinajstić information content (AvgIpc) is 2.46. The quantitative estimate of drug-likeness (QED) is 0.548. The van der Waals surface area contributed by atoms with E-state index in [1.54, 1.807) is 5.56 Å². The summed E-state index contributed by atoms with van der Waals surface area (Å²) >= 11 is 0. The summed E-state index contributed by atoms with van der Waals surface area (Å²) in [5.41, 5.74) is 7.33. The van der Waals surface area contributed by atoms with Crippen molar-refractivity contribution >= 4 is 0 Å². The largest absolute Gasteiger partial charge is 1.00 e. The van der Waals surface area contributed by atoms with Crippen LogP contribution < -0.4 is 12.4 Å². The average molecular weight is 513 g/mol. The van der Waals surface area contributed by atoms with Crippen molar-refractivity contribution in [2.45, 2.75) is 59.3 Å². The summed E-state index contributed by atoms with van der Waals surface area (Å²) in [6.07, 6.45) is 0. The summed E-state index contributed by atoms with van der Waals surface area (Å²) in [4.78, 5) is 0. The van der Waals surface area contributed by atoms with Gasteiger partial charge in [0, 0.05) is 0 Å². The van der Waals surface area contributed by atoms with Gasteiger partial charge in [-0.15, -0.1) is 0 Å². The van der Waals surface area contributed by atoms with Crippen molar-refractivity contribution in [2.75, 3.05) is 0 Å². The second-order valence-corrected chi connectivity index (χ2v) is 6.86. The van der Waals surface area contributed by atoms with E-state index in [0.717, 1.165) is 0 Å². The molecule has 0 spiro atoms. The van der Waals surface area contributed by atoms with Crippen molar-refractivity contribution in [3.8, 4) is 11.1 Å². The fraction of sp³-hybridized carbons (Fsp3) is 0.429. The Balaban J connectivity index is 0.00000242. The van der Waals surface area contributed by atoms with E-state index in [4.69, 9.17) is 0 Å². The van der Waals surface area contributed by atoms with Gasteiger partial charge in [-0.05, 0) is 45.6 Å². The van der Waals surface area contributed by atoms with Crippen LogP contribution in [0, 0.1) is 0 Å². The third-order valence-corrected chi connectivity index (χ3v) is 4.18. The van der Waals surface area contributed by atoms with E-state index in [0.29, 0.717) is 17.8 Å². The van der Waals surface area contributed by atoms with Crippen molar-refractivity contribution in [1.29, 1.82) is 0 Å². The van der Waals surface area contributed by atoms with Crippen LogP contribution in [0.2, 0.25) is 0 Å². The molecule has 0 bridgehead atoms. The van der Waals surface area contributed by atoms with Gasteiger partial charge in [0.05, 0.1) is 0 Å². The van der Waals surface area contributed by atoms with E-state index in [2.05, 4.69) is 84.0 Å². The van der Waals surface area contributed by atoms with Crippen molar-refractivity contribution < 1.29 is 34.8 Å². The molecule has 0 heterocycles. The van der Waals surface area contributed by atoms with E-state index in [1.165, 1.54) is 22.3 Å². The molecule has 0 radical (unpaired) electrons. The molecule has 0 atom stereocenters. The predicted octanol–water partition coefficient (Wildman–Crippen LogP) is 3.73. The number of hydrogen-bond acceptors (Lipinski definition) is 0. The molecule has 0 aromatic heterocycles. The monoisotopic (exact) mass is 512 g/mol. The van der Waals surface area contributed by atoms with Gasteiger partial charge in [0.15, 0.2) is 0 Å². The summed E-state index contributed by atoms with van der Waals surface area (Å²) in [5, 5.41) is 0. The number of hydrogen-bond donors (Lipinski definition) is 0. The van der Waals surface area contributed by atoms with E-state index in [1.807, 2.05) is 0 Å². The first kappa shape index (κ1) is 22.5. The Morgan fingerprint density at radius 1 is 0.609 bits per heavy atom. The van der Waals surface area contributed by atoms with Crippen LogP contribution in [0.25, 0.3) is 11.1 Å². The Labute approximate surface area is 164 Å². The van der Waals surface area contributed by atoms with E-state index < -0.39 is 0 Å². The third-order valence-electron chi connectivity index (χ3n) is 4.18. The van der Waals surface area contributed by atoms with Gasteiger partial charge in [0.1, 0.15) is 0 Å². The van der Waals surface area contributed by atoms with Gasteiger partial charge in [-0.2, -0.15) is 0 Å². The first-order chi connectivity index (χ1) is 9.93. The minimum absolute atomic E-state index is 0. The predicted molar refractivity (Wildman–Crippen MR) is 94.1 cm³/mol.